The minimum Gasteiger partial charge on any atom is -0.465 e. The summed E-state index contributed by atoms with van der Waals surface area (Å²) in [4.78, 5) is 25.6. The molecule has 0 aliphatic carbocycles. The molecule has 0 saturated carbocycles. The molecule has 31 heavy (non-hydrogen) atoms. The molecule has 1 aliphatic heterocycles. The molecule has 0 aromatic heterocycles. The van der Waals surface area contributed by atoms with Gasteiger partial charge in [-0.2, -0.15) is 0 Å². The number of hydrogen-bond acceptors (Lipinski definition) is 3. The van der Waals surface area contributed by atoms with Crippen LogP contribution in [-0.4, -0.2) is 34.8 Å². The average molecular weight is 425 g/mol. The number of carboxylic acid groups (broad SMARTS) is 1. The quantitative estimate of drug-likeness (QED) is 0.629. The van der Waals surface area contributed by atoms with Gasteiger partial charge in [0.15, 0.2) is 0 Å². The molecule has 2 amide bonds. The molecule has 6 heteroatoms. The van der Waals surface area contributed by atoms with Crippen LogP contribution in [-0.2, 0) is 11.3 Å². The summed E-state index contributed by atoms with van der Waals surface area (Å²) in [6.07, 6.45) is 0.179. The van der Waals surface area contributed by atoms with Gasteiger partial charge in [-0.1, -0.05) is 57.2 Å². The fraction of sp³-hybridized carbons (Fsp3) is 0.440. The highest BCUT2D eigenvalue weighted by Crippen LogP contribution is 2.40. The van der Waals surface area contributed by atoms with Crippen molar-refractivity contribution in [1.29, 1.82) is 0 Å². The normalized spacial score (nSPS) is 19.0. The molecular weight excluding hydrogens is 392 g/mol. The Morgan fingerprint density at radius 2 is 1.87 bits per heavy atom. The van der Waals surface area contributed by atoms with Gasteiger partial charge in [-0.3, -0.25) is 5.32 Å². The van der Waals surface area contributed by atoms with Crippen LogP contribution in [0.4, 0.5) is 15.3 Å². The van der Waals surface area contributed by atoms with Crippen molar-refractivity contribution in [3.63, 3.8) is 0 Å². The lowest BCUT2D eigenvalue weighted by Crippen LogP contribution is -2.51. The zero-order chi connectivity index (χ0) is 22.6. The van der Waals surface area contributed by atoms with Crippen molar-refractivity contribution >= 4 is 17.9 Å². The van der Waals surface area contributed by atoms with Crippen LogP contribution in [0.25, 0.3) is 0 Å². The van der Waals surface area contributed by atoms with Crippen LogP contribution in [0.5, 0.6) is 0 Å². The van der Waals surface area contributed by atoms with Crippen molar-refractivity contribution in [1.82, 2.24) is 4.90 Å². The van der Waals surface area contributed by atoms with Crippen LogP contribution < -0.4 is 5.32 Å². The van der Waals surface area contributed by atoms with Gasteiger partial charge in [-0.05, 0) is 59.9 Å². The number of amides is 2. The minimum atomic E-state index is -0.855. The summed E-state index contributed by atoms with van der Waals surface area (Å²) in [6.45, 7) is 9.05. The van der Waals surface area contributed by atoms with E-state index in [2.05, 4.69) is 33.0 Å². The second-order valence-corrected chi connectivity index (χ2v) is 9.34. The zero-order valence-corrected chi connectivity index (χ0v) is 18.7. The Kier molecular flexibility index (Phi) is 6.88. The Hall–Kier alpha value is -3.02. The number of nitrogens with zero attached hydrogens (tertiary/aromatic N) is 1. The molecule has 1 aliphatic rings. The van der Waals surface area contributed by atoms with Crippen molar-refractivity contribution in [2.45, 2.75) is 59.1 Å². The number of likely N-dealkylation sites (tertiary alicyclic amines) is 1. The minimum absolute atomic E-state index is 0.0596. The van der Waals surface area contributed by atoms with Gasteiger partial charge in [0, 0.05) is 18.3 Å². The van der Waals surface area contributed by atoms with E-state index in [0.29, 0.717) is 12.2 Å². The van der Waals surface area contributed by atoms with Crippen molar-refractivity contribution in [3.8, 4) is 0 Å². The maximum absolute atomic E-state index is 12.3. The highest BCUT2D eigenvalue weighted by molar-refractivity contribution is 5.84. The predicted molar refractivity (Wildman–Crippen MR) is 121 cm³/mol. The molecular formula is C25H32N2O4. The molecule has 1 heterocycles. The van der Waals surface area contributed by atoms with E-state index in [1.165, 1.54) is 0 Å². The maximum atomic E-state index is 12.3. The first-order valence-electron chi connectivity index (χ1n) is 10.7. The molecule has 2 aromatic rings. The van der Waals surface area contributed by atoms with Gasteiger partial charge < -0.3 is 14.7 Å². The summed E-state index contributed by atoms with van der Waals surface area (Å²) in [5, 5.41) is 12.4. The van der Waals surface area contributed by atoms with Gasteiger partial charge in [0.05, 0.1) is 0 Å². The van der Waals surface area contributed by atoms with Crippen LogP contribution in [0, 0.1) is 12.3 Å². The summed E-state index contributed by atoms with van der Waals surface area (Å²) in [6, 6.07) is 15.4. The molecule has 3 rings (SSSR count). The number of carbonyl (C=O) groups is 2. The molecule has 1 fully saturated rings. The molecule has 2 unspecified atom stereocenters. The monoisotopic (exact) mass is 424 g/mol. The number of rotatable bonds is 4. The van der Waals surface area contributed by atoms with Gasteiger partial charge >= 0.3 is 12.2 Å². The molecule has 0 radical (unpaired) electrons. The van der Waals surface area contributed by atoms with Crippen LogP contribution in [0.3, 0.4) is 0 Å². The molecule has 6 nitrogen and oxygen atoms in total. The largest absolute Gasteiger partial charge is 0.465 e. The Labute approximate surface area is 184 Å². The second kappa shape index (κ2) is 9.41. The van der Waals surface area contributed by atoms with Crippen molar-refractivity contribution in [3.05, 3.63) is 65.2 Å². The third kappa shape index (κ3) is 5.78. The first kappa shape index (κ1) is 22.7. The van der Waals surface area contributed by atoms with Gasteiger partial charge in [-0.15, -0.1) is 0 Å². The number of hydrogen-bond donors (Lipinski definition) is 2. The summed E-state index contributed by atoms with van der Waals surface area (Å²) >= 11 is 0. The molecule has 2 N–H and O–H groups in total. The summed E-state index contributed by atoms with van der Waals surface area (Å²) in [5.41, 5.74) is 3.76. The summed E-state index contributed by atoms with van der Waals surface area (Å²) in [5.74, 6) is 0.238. The van der Waals surface area contributed by atoms with Crippen LogP contribution >= 0.6 is 0 Å². The molecule has 2 aromatic carbocycles. The van der Waals surface area contributed by atoms with E-state index in [1.807, 2.05) is 48.5 Å². The van der Waals surface area contributed by atoms with Crippen LogP contribution in [0.15, 0.2) is 48.5 Å². The first-order valence-corrected chi connectivity index (χ1v) is 10.7. The fourth-order valence-electron chi connectivity index (χ4n) is 4.33. The van der Waals surface area contributed by atoms with E-state index in [-0.39, 0.29) is 24.0 Å². The van der Waals surface area contributed by atoms with E-state index in [0.717, 1.165) is 29.5 Å². The maximum Gasteiger partial charge on any atom is 0.411 e. The Bertz CT molecular complexity index is 921. The highest BCUT2D eigenvalue weighted by atomic mass is 16.5. The standard InChI is InChI=1S/C25H32N2O4/c1-17-10-11-20(26-23(28)31-16-18-8-6-5-7-9-18)15-21(17)19-12-13-27(24(29)30)22(14-19)25(2,3)4/h5-11,15,19,22H,12-14,16H2,1-4H3,(H,26,28)(H,29,30). The number of benzene rings is 2. The average Bonchev–Trinajstić information content (AvgIpc) is 2.73. The van der Waals surface area contributed by atoms with Gasteiger partial charge in [0.2, 0.25) is 0 Å². The van der Waals surface area contributed by atoms with Gasteiger partial charge in [0.1, 0.15) is 6.61 Å². The van der Waals surface area contributed by atoms with Crippen LogP contribution in [0.2, 0.25) is 0 Å². The molecule has 1 saturated heterocycles. The van der Waals surface area contributed by atoms with E-state index in [4.69, 9.17) is 4.74 Å². The van der Waals surface area contributed by atoms with Gasteiger partial charge in [-0.25, -0.2) is 9.59 Å². The lowest BCUT2D eigenvalue weighted by atomic mass is 9.74. The van der Waals surface area contributed by atoms with Crippen molar-refractivity contribution in [2.24, 2.45) is 5.41 Å². The number of ether oxygens (including phenoxy) is 1. The lowest BCUT2D eigenvalue weighted by Gasteiger charge is -2.45. The Morgan fingerprint density at radius 1 is 1.16 bits per heavy atom. The molecule has 2 atom stereocenters. The number of nitrogens with one attached hydrogen (secondary N) is 1. The Morgan fingerprint density at radius 3 is 2.52 bits per heavy atom. The number of anilines is 1. The molecule has 0 spiro atoms. The smallest absolute Gasteiger partial charge is 0.411 e. The topological polar surface area (TPSA) is 78.9 Å². The first-order chi connectivity index (χ1) is 14.6. The van der Waals surface area contributed by atoms with E-state index in [9.17, 15) is 14.7 Å². The molecule has 0 bridgehead atoms. The summed E-state index contributed by atoms with van der Waals surface area (Å²) < 4.78 is 5.33. The third-order valence-corrected chi connectivity index (χ3v) is 6.03. The lowest BCUT2D eigenvalue weighted by molar-refractivity contribution is 0.0525. The zero-order valence-electron chi connectivity index (χ0n) is 18.7. The Balaban J connectivity index is 1.70. The number of aryl methyl sites for hydroxylation is 1. The SMILES string of the molecule is Cc1ccc(NC(=O)OCc2ccccc2)cc1C1CCN(C(=O)O)C(C(C)(C)C)C1. The number of carbonyl (C=O) groups excluding carboxylic acids is 1. The highest BCUT2D eigenvalue weighted by Gasteiger charge is 2.39. The number of piperidine rings is 1. The fourth-order valence-corrected chi connectivity index (χ4v) is 4.33. The van der Waals surface area contributed by atoms with Crippen molar-refractivity contribution < 1.29 is 19.4 Å². The van der Waals surface area contributed by atoms with Gasteiger partial charge in [0.25, 0.3) is 0 Å². The van der Waals surface area contributed by atoms with E-state index in [1.54, 1.807) is 4.90 Å². The van der Waals surface area contributed by atoms with Crippen LogP contribution in [0.1, 0.15) is 56.2 Å². The van der Waals surface area contributed by atoms with E-state index < -0.39 is 12.2 Å². The summed E-state index contributed by atoms with van der Waals surface area (Å²) in [7, 11) is 0. The second-order valence-electron chi connectivity index (χ2n) is 9.34. The van der Waals surface area contributed by atoms with Crippen molar-refractivity contribution in [2.75, 3.05) is 11.9 Å². The molecule has 166 valence electrons. The van der Waals surface area contributed by atoms with E-state index >= 15 is 0 Å². The predicted octanol–water partition coefficient (Wildman–Crippen LogP) is 6.02. The third-order valence-electron chi connectivity index (χ3n) is 6.03.